The van der Waals surface area contributed by atoms with Crippen molar-refractivity contribution in [3.63, 3.8) is 0 Å². The van der Waals surface area contributed by atoms with Crippen LogP contribution in [0.3, 0.4) is 0 Å². The molecule has 1 N–H and O–H groups in total. The fourth-order valence-electron chi connectivity index (χ4n) is 2.82. The number of benzene rings is 2. The number of nitrogens with zero attached hydrogens (tertiary/aromatic N) is 3. The zero-order chi connectivity index (χ0) is 20.2. The van der Waals surface area contributed by atoms with E-state index in [0.29, 0.717) is 16.6 Å². The summed E-state index contributed by atoms with van der Waals surface area (Å²) in [7, 11) is 0. The number of thiazole rings is 1. The molecule has 2 aromatic carbocycles. The highest BCUT2D eigenvalue weighted by atomic mass is 35.5. The average molecular weight is 441 g/mol. The van der Waals surface area contributed by atoms with E-state index in [1.54, 1.807) is 11.3 Å². The highest BCUT2D eigenvalue weighted by Gasteiger charge is 2.16. The summed E-state index contributed by atoms with van der Waals surface area (Å²) >= 11 is 9.06. The topological polar surface area (TPSA) is 67.8 Å². The Morgan fingerprint density at radius 3 is 2.66 bits per heavy atom. The van der Waals surface area contributed by atoms with Gasteiger partial charge in [-0.05, 0) is 18.6 Å². The highest BCUT2D eigenvalue weighted by Crippen LogP contribution is 2.35. The van der Waals surface area contributed by atoms with Crippen LogP contribution in [0.4, 0.5) is 0 Å². The summed E-state index contributed by atoms with van der Waals surface area (Å²) in [4.78, 5) is 16.9. The lowest BCUT2D eigenvalue weighted by Gasteiger charge is -2.07. The van der Waals surface area contributed by atoms with Gasteiger partial charge in [0.05, 0.1) is 15.5 Å². The highest BCUT2D eigenvalue weighted by molar-refractivity contribution is 8.00. The number of fused-ring (bicyclic) bond motifs is 1. The fraction of sp³-hybridized carbons (Fsp3) is 0.143. The van der Waals surface area contributed by atoms with Crippen LogP contribution in [0.1, 0.15) is 10.6 Å². The van der Waals surface area contributed by atoms with Crippen LogP contribution in [-0.4, -0.2) is 26.8 Å². The first-order valence-electron chi connectivity index (χ1n) is 8.94. The van der Waals surface area contributed by atoms with Gasteiger partial charge in [-0.25, -0.2) is 4.98 Å². The molecule has 1 amide bonds. The maximum atomic E-state index is 12.3. The Morgan fingerprint density at radius 2 is 1.86 bits per heavy atom. The van der Waals surface area contributed by atoms with E-state index in [9.17, 15) is 4.79 Å². The summed E-state index contributed by atoms with van der Waals surface area (Å²) in [6, 6.07) is 17.4. The van der Waals surface area contributed by atoms with Gasteiger partial charge >= 0.3 is 0 Å². The van der Waals surface area contributed by atoms with Gasteiger partial charge in [0, 0.05) is 17.1 Å². The first-order chi connectivity index (χ1) is 14.1. The predicted molar refractivity (Wildman–Crippen MR) is 119 cm³/mol. The van der Waals surface area contributed by atoms with Gasteiger partial charge in [0.15, 0.2) is 0 Å². The van der Waals surface area contributed by atoms with Crippen molar-refractivity contribution >= 4 is 50.8 Å². The molecule has 2 aromatic heterocycles. The maximum absolute atomic E-state index is 12.3. The molecule has 5 nitrogen and oxygen atoms in total. The molecule has 0 bridgehead atoms. The lowest BCUT2D eigenvalue weighted by molar-refractivity contribution is -0.118. The summed E-state index contributed by atoms with van der Waals surface area (Å²) in [5.74, 6) is 0.138. The third-order valence-electron chi connectivity index (χ3n) is 4.21. The van der Waals surface area contributed by atoms with E-state index in [1.165, 1.54) is 11.8 Å². The van der Waals surface area contributed by atoms with Gasteiger partial charge < -0.3 is 5.32 Å². The molecule has 4 aromatic rings. The number of aromatic nitrogens is 3. The van der Waals surface area contributed by atoms with E-state index in [4.69, 9.17) is 11.6 Å². The smallest absolute Gasteiger partial charge is 0.230 e. The molecule has 0 saturated carbocycles. The molecule has 8 heteroatoms. The van der Waals surface area contributed by atoms with Gasteiger partial charge in [-0.1, -0.05) is 71.9 Å². The van der Waals surface area contributed by atoms with Gasteiger partial charge in [-0.3, -0.25) is 4.79 Å². The molecule has 0 radical (unpaired) electrons. The largest absolute Gasteiger partial charge is 0.351 e. The van der Waals surface area contributed by atoms with Crippen LogP contribution in [0.15, 0.2) is 59.6 Å². The third-order valence-corrected chi connectivity index (χ3v) is 6.51. The number of aryl methyl sites for hydroxylation is 1. The van der Waals surface area contributed by atoms with Gasteiger partial charge in [0.1, 0.15) is 16.2 Å². The van der Waals surface area contributed by atoms with Gasteiger partial charge in [-0.2, -0.15) is 0 Å². The minimum atomic E-state index is -0.0936. The second kappa shape index (κ2) is 8.90. The molecule has 0 spiro atoms. The zero-order valence-electron chi connectivity index (χ0n) is 15.6. The standard InChI is InChI=1S/C21H17ClN4OS2/c1-13-24-19-20(29-13)18(14-7-3-2-4-8-14)25-26-21(19)28-12-17(27)23-11-15-9-5-6-10-16(15)22/h2-10H,11-12H2,1H3,(H,23,27). The first kappa shape index (κ1) is 19.8. The number of hydrogen-bond donors (Lipinski definition) is 1. The van der Waals surface area contributed by atoms with E-state index in [-0.39, 0.29) is 11.7 Å². The summed E-state index contributed by atoms with van der Waals surface area (Å²) in [5, 5.41) is 13.9. The number of nitrogens with one attached hydrogen (secondary N) is 1. The Balaban J connectivity index is 1.49. The zero-order valence-corrected chi connectivity index (χ0v) is 17.9. The molecule has 2 heterocycles. The fourth-order valence-corrected chi connectivity index (χ4v) is 4.77. The van der Waals surface area contributed by atoms with E-state index >= 15 is 0 Å². The Morgan fingerprint density at radius 1 is 1.10 bits per heavy atom. The Kier molecular flexibility index (Phi) is 6.08. The molecule has 0 unspecified atom stereocenters. The normalized spacial score (nSPS) is 11.0. The van der Waals surface area contributed by atoms with E-state index in [1.807, 2.05) is 61.5 Å². The van der Waals surface area contributed by atoms with Crippen molar-refractivity contribution in [1.29, 1.82) is 0 Å². The van der Waals surface area contributed by atoms with Gasteiger partial charge in [0.2, 0.25) is 5.91 Å². The van der Waals surface area contributed by atoms with Crippen molar-refractivity contribution in [2.45, 2.75) is 18.5 Å². The minimum Gasteiger partial charge on any atom is -0.351 e. The van der Waals surface area contributed by atoms with Crippen LogP contribution >= 0.6 is 34.7 Å². The molecule has 4 rings (SSSR count). The summed E-state index contributed by atoms with van der Waals surface area (Å²) in [5.41, 5.74) is 3.50. The van der Waals surface area contributed by atoms with Crippen molar-refractivity contribution < 1.29 is 4.79 Å². The van der Waals surface area contributed by atoms with Crippen LogP contribution in [0.2, 0.25) is 5.02 Å². The van der Waals surface area contributed by atoms with Crippen LogP contribution in [0.25, 0.3) is 21.5 Å². The summed E-state index contributed by atoms with van der Waals surface area (Å²) < 4.78 is 0.989. The van der Waals surface area contributed by atoms with E-state index in [0.717, 1.165) is 32.0 Å². The summed E-state index contributed by atoms with van der Waals surface area (Å²) in [6.45, 7) is 2.35. The lowest BCUT2D eigenvalue weighted by Crippen LogP contribution is -2.24. The molecule has 0 atom stereocenters. The minimum absolute atomic E-state index is 0.0936. The van der Waals surface area contributed by atoms with Crippen molar-refractivity contribution in [1.82, 2.24) is 20.5 Å². The van der Waals surface area contributed by atoms with Crippen molar-refractivity contribution in [2.75, 3.05) is 5.75 Å². The first-order valence-corrected chi connectivity index (χ1v) is 11.1. The second-order valence-electron chi connectivity index (χ2n) is 6.29. The Labute approximate surface area is 181 Å². The molecule has 146 valence electrons. The van der Waals surface area contributed by atoms with E-state index in [2.05, 4.69) is 20.5 Å². The van der Waals surface area contributed by atoms with Crippen LogP contribution in [0, 0.1) is 6.92 Å². The molecule has 0 saturated heterocycles. The maximum Gasteiger partial charge on any atom is 0.230 e. The molecule has 0 aliphatic carbocycles. The van der Waals surface area contributed by atoms with E-state index < -0.39 is 0 Å². The number of rotatable bonds is 6. The number of halogens is 1. The monoisotopic (exact) mass is 440 g/mol. The molecular formula is C21H17ClN4OS2. The predicted octanol–water partition coefficient (Wildman–Crippen LogP) is 5.12. The van der Waals surface area contributed by atoms with Crippen molar-refractivity contribution in [3.8, 4) is 11.3 Å². The number of hydrogen-bond acceptors (Lipinski definition) is 6. The third kappa shape index (κ3) is 4.58. The number of thioether (sulfide) groups is 1. The number of carbonyl (C=O) groups is 1. The summed E-state index contributed by atoms with van der Waals surface area (Å²) in [6.07, 6.45) is 0. The molecule has 0 fully saturated rings. The average Bonchev–Trinajstić information content (AvgIpc) is 3.13. The van der Waals surface area contributed by atoms with Crippen molar-refractivity contribution in [2.24, 2.45) is 0 Å². The molecule has 29 heavy (non-hydrogen) atoms. The van der Waals surface area contributed by atoms with Crippen LogP contribution in [0.5, 0.6) is 0 Å². The van der Waals surface area contributed by atoms with Crippen LogP contribution in [-0.2, 0) is 11.3 Å². The SMILES string of the molecule is Cc1nc2c(SCC(=O)NCc3ccccc3Cl)nnc(-c3ccccc3)c2s1. The van der Waals surface area contributed by atoms with Gasteiger partial charge in [-0.15, -0.1) is 21.5 Å². The molecular weight excluding hydrogens is 424 g/mol. The van der Waals surface area contributed by atoms with Crippen LogP contribution < -0.4 is 5.32 Å². The Hall–Kier alpha value is -2.48. The Bertz CT molecular complexity index is 1160. The number of amides is 1. The quantitative estimate of drug-likeness (QED) is 0.421. The second-order valence-corrected chi connectivity index (χ2v) is 8.86. The lowest BCUT2D eigenvalue weighted by atomic mass is 10.1. The van der Waals surface area contributed by atoms with Gasteiger partial charge in [0.25, 0.3) is 0 Å². The van der Waals surface area contributed by atoms with Crippen molar-refractivity contribution in [3.05, 3.63) is 70.2 Å². The molecule has 0 aliphatic heterocycles. The molecule has 0 aliphatic rings. The number of carbonyl (C=O) groups excluding carboxylic acids is 1.